The highest BCUT2D eigenvalue weighted by Gasteiger charge is 2.67. The number of hydrazone groups is 1. The van der Waals surface area contributed by atoms with Crippen LogP contribution in [0.3, 0.4) is 0 Å². The molecule has 3 fully saturated rings. The Labute approximate surface area is 217 Å². The largest absolute Gasteiger partial charge is 0.487 e. The lowest BCUT2D eigenvalue weighted by molar-refractivity contribution is -0.384. The van der Waals surface area contributed by atoms with Crippen LogP contribution in [0.5, 0.6) is 5.75 Å². The maximum absolute atomic E-state index is 13.1. The number of rotatable bonds is 6. The third-order valence-corrected chi connectivity index (χ3v) is 8.69. The van der Waals surface area contributed by atoms with Crippen LogP contribution in [0.1, 0.15) is 17.5 Å². The molecule has 2 aromatic rings. The van der Waals surface area contributed by atoms with E-state index in [4.69, 9.17) is 4.74 Å². The first-order chi connectivity index (χ1) is 16.8. The molecule has 7 rings (SSSR count). The Morgan fingerprint density at radius 2 is 1.60 bits per heavy atom. The normalized spacial score (nSPS) is 30.1. The smallest absolute Gasteiger partial charge is 0.269 e. The zero-order chi connectivity index (χ0) is 24.4. The number of carbonyl (C=O) groups is 2. The predicted octanol–water partition coefficient (Wildman–Crippen LogP) is 5.09. The zero-order valence-electron chi connectivity index (χ0n) is 18.2. The summed E-state index contributed by atoms with van der Waals surface area (Å²) < 4.78 is 7.21. The molecule has 10 heteroatoms. The average Bonchev–Trinajstić information content (AvgIpc) is 3.62. The minimum absolute atomic E-state index is 0.0229. The van der Waals surface area contributed by atoms with Gasteiger partial charge in [-0.1, -0.05) is 12.2 Å². The molecule has 4 aliphatic carbocycles. The zero-order valence-corrected chi connectivity index (χ0v) is 21.4. The van der Waals surface area contributed by atoms with Crippen molar-refractivity contribution >= 4 is 55.6 Å². The van der Waals surface area contributed by atoms with Crippen LogP contribution >= 0.6 is 31.9 Å². The number of benzene rings is 2. The van der Waals surface area contributed by atoms with Gasteiger partial charge in [-0.15, -0.1) is 0 Å². The molecule has 2 saturated carbocycles. The molecule has 178 valence electrons. The quantitative estimate of drug-likeness (QED) is 0.151. The van der Waals surface area contributed by atoms with Gasteiger partial charge in [0.2, 0.25) is 0 Å². The van der Waals surface area contributed by atoms with Crippen LogP contribution < -0.4 is 4.74 Å². The second-order valence-electron chi connectivity index (χ2n) is 9.41. The number of nitro groups is 1. The van der Waals surface area contributed by atoms with Gasteiger partial charge in [-0.2, -0.15) is 10.1 Å². The van der Waals surface area contributed by atoms with Crippen molar-refractivity contribution < 1.29 is 19.2 Å². The maximum Gasteiger partial charge on any atom is 0.269 e. The number of imide groups is 1. The highest BCUT2D eigenvalue weighted by atomic mass is 79.9. The summed E-state index contributed by atoms with van der Waals surface area (Å²) in [6.45, 7) is 0.223. The fourth-order valence-electron chi connectivity index (χ4n) is 5.84. The topological polar surface area (TPSA) is 102 Å². The number of nitrogens with zero attached hydrogens (tertiary/aromatic N) is 3. The average molecular weight is 601 g/mol. The van der Waals surface area contributed by atoms with Gasteiger partial charge in [0.25, 0.3) is 17.5 Å². The van der Waals surface area contributed by atoms with Crippen molar-refractivity contribution in [2.24, 2.45) is 40.6 Å². The molecule has 1 heterocycles. The number of hydrogen-bond acceptors (Lipinski definition) is 6. The van der Waals surface area contributed by atoms with Gasteiger partial charge in [0, 0.05) is 12.1 Å². The van der Waals surface area contributed by atoms with Crippen molar-refractivity contribution in [1.82, 2.24) is 5.01 Å². The van der Waals surface area contributed by atoms with Crippen molar-refractivity contribution in [3.8, 4) is 5.75 Å². The summed E-state index contributed by atoms with van der Waals surface area (Å²) in [7, 11) is 0. The minimum Gasteiger partial charge on any atom is -0.487 e. The van der Waals surface area contributed by atoms with Gasteiger partial charge in [0.15, 0.2) is 0 Å². The molecular weight excluding hydrogens is 582 g/mol. The molecule has 2 amide bonds. The maximum atomic E-state index is 13.1. The number of carbonyl (C=O) groups excluding carboxylic acids is 2. The van der Waals surface area contributed by atoms with Crippen LogP contribution in [-0.2, 0) is 16.2 Å². The summed E-state index contributed by atoms with van der Waals surface area (Å²) in [5.74, 6) is 1.07. The van der Waals surface area contributed by atoms with Gasteiger partial charge < -0.3 is 4.74 Å². The van der Waals surface area contributed by atoms with Gasteiger partial charge in [-0.05, 0) is 97.3 Å². The highest BCUT2D eigenvalue weighted by molar-refractivity contribution is 9.11. The molecule has 0 radical (unpaired) electrons. The van der Waals surface area contributed by atoms with E-state index in [0.717, 1.165) is 17.0 Å². The molecule has 35 heavy (non-hydrogen) atoms. The number of halogens is 2. The first kappa shape index (κ1) is 22.6. The van der Waals surface area contributed by atoms with Gasteiger partial charge in [0.1, 0.15) is 12.4 Å². The van der Waals surface area contributed by atoms with Crippen LogP contribution in [0.25, 0.3) is 0 Å². The van der Waals surface area contributed by atoms with Gasteiger partial charge in [-0.3, -0.25) is 19.7 Å². The third kappa shape index (κ3) is 3.74. The molecular formula is C25H19Br2N3O5. The number of allylic oxidation sites excluding steroid dienone is 2. The minimum atomic E-state index is -0.446. The van der Waals surface area contributed by atoms with Gasteiger partial charge in [0.05, 0.1) is 31.9 Å². The van der Waals surface area contributed by atoms with Crippen molar-refractivity contribution in [1.29, 1.82) is 0 Å². The molecule has 0 unspecified atom stereocenters. The Hall–Kier alpha value is -2.85. The second-order valence-corrected chi connectivity index (χ2v) is 11.1. The lowest BCUT2D eigenvalue weighted by Crippen LogP contribution is -2.40. The van der Waals surface area contributed by atoms with Crippen LogP contribution in [0, 0.1) is 45.6 Å². The van der Waals surface area contributed by atoms with Crippen LogP contribution in [0.15, 0.2) is 62.6 Å². The fraction of sp³-hybridized carbons (Fsp3) is 0.320. The summed E-state index contributed by atoms with van der Waals surface area (Å²) in [6.07, 6.45) is 6.92. The summed E-state index contributed by atoms with van der Waals surface area (Å²) >= 11 is 7.01. The standard InChI is InChI=1S/C25H19Br2N3O5/c26-19-7-13(8-20(27)23(19)35-11-12-1-3-14(4-2-12)30(33)34)10-28-29-24(31)21-15-5-6-16(18-9-17(15)18)22(21)25(29)32/h1-8,10,15-18,21-22H,9,11H2/b28-10-/t15-,16-,17-,18+,21-,22+/m0/s1. The summed E-state index contributed by atoms with van der Waals surface area (Å²) in [5.41, 5.74) is 1.49. The Kier molecular flexibility index (Phi) is 5.41. The van der Waals surface area contributed by atoms with Crippen molar-refractivity contribution in [2.45, 2.75) is 13.0 Å². The fourth-order valence-corrected chi connectivity index (χ4v) is 7.29. The molecule has 8 nitrogen and oxygen atoms in total. The lowest BCUT2D eigenvalue weighted by Gasteiger charge is -2.37. The van der Waals surface area contributed by atoms with E-state index in [1.165, 1.54) is 18.3 Å². The van der Waals surface area contributed by atoms with Crippen molar-refractivity contribution in [2.75, 3.05) is 0 Å². The summed E-state index contributed by atoms with van der Waals surface area (Å²) in [6, 6.07) is 9.74. The Bertz CT molecular complexity index is 1270. The molecule has 0 N–H and O–H groups in total. The third-order valence-electron chi connectivity index (χ3n) is 7.51. The first-order valence-corrected chi connectivity index (χ1v) is 12.9. The number of non-ortho nitro benzene ring substituents is 1. The number of hydrogen-bond donors (Lipinski definition) is 0. The van der Waals surface area contributed by atoms with Gasteiger partial charge in [-0.25, -0.2) is 0 Å². The van der Waals surface area contributed by atoms with E-state index in [-0.39, 0.29) is 47.8 Å². The van der Waals surface area contributed by atoms with E-state index >= 15 is 0 Å². The van der Waals surface area contributed by atoms with Crippen molar-refractivity contribution in [3.63, 3.8) is 0 Å². The van der Waals surface area contributed by atoms with E-state index in [2.05, 4.69) is 49.1 Å². The van der Waals surface area contributed by atoms with E-state index in [1.807, 2.05) is 0 Å². The summed E-state index contributed by atoms with van der Waals surface area (Å²) in [5, 5.41) is 16.2. The molecule has 0 spiro atoms. The Balaban J connectivity index is 1.16. The van der Waals surface area contributed by atoms with E-state index in [1.54, 1.807) is 24.3 Å². The van der Waals surface area contributed by atoms with Crippen LogP contribution in [0.4, 0.5) is 5.69 Å². The molecule has 2 bridgehead atoms. The molecule has 2 aromatic carbocycles. The van der Waals surface area contributed by atoms with E-state index < -0.39 is 4.92 Å². The van der Waals surface area contributed by atoms with Crippen molar-refractivity contribution in [3.05, 3.63) is 78.7 Å². The van der Waals surface area contributed by atoms with Crippen LogP contribution in [-0.4, -0.2) is 28.0 Å². The van der Waals surface area contributed by atoms with E-state index in [0.29, 0.717) is 32.1 Å². The monoisotopic (exact) mass is 599 g/mol. The predicted molar refractivity (Wildman–Crippen MR) is 133 cm³/mol. The number of amides is 2. The van der Waals surface area contributed by atoms with Crippen LogP contribution in [0.2, 0.25) is 0 Å². The first-order valence-electron chi connectivity index (χ1n) is 11.3. The lowest BCUT2D eigenvalue weighted by atomic mass is 9.63. The molecule has 6 atom stereocenters. The summed E-state index contributed by atoms with van der Waals surface area (Å²) in [4.78, 5) is 36.5. The van der Waals surface area contributed by atoms with Gasteiger partial charge >= 0.3 is 0 Å². The molecule has 1 aliphatic heterocycles. The Morgan fingerprint density at radius 3 is 2.14 bits per heavy atom. The SMILES string of the molecule is O=C1[C@@H]2[C@H]3C=C[C@@H]([C@@H]4C[C@H]34)[C@@H]2C(=O)N1/N=C\c1cc(Br)c(OCc2ccc([N+](=O)[O-])cc2)c(Br)c1. The number of nitro benzene ring substituents is 1. The van der Waals surface area contributed by atoms with E-state index in [9.17, 15) is 19.7 Å². The molecule has 5 aliphatic rings. The molecule has 1 saturated heterocycles. The molecule has 0 aromatic heterocycles. The number of ether oxygens (including phenoxy) is 1. The highest BCUT2D eigenvalue weighted by Crippen LogP contribution is 2.65. The second kappa shape index (κ2) is 8.37. The Morgan fingerprint density at radius 1 is 1.03 bits per heavy atom.